The molecule has 14 heavy (non-hydrogen) atoms. The van der Waals surface area contributed by atoms with Crippen molar-refractivity contribution in [2.75, 3.05) is 27.2 Å². The van der Waals surface area contributed by atoms with Crippen molar-refractivity contribution in [3.8, 4) is 0 Å². The zero-order valence-electron chi connectivity index (χ0n) is 9.03. The zero-order valence-corrected chi connectivity index (χ0v) is 9.03. The molecule has 0 saturated heterocycles. The van der Waals surface area contributed by atoms with E-state index in [2.05, 4.69) is 29.3 Å². The molecule has 0 fully saturated rings. The molecule has 0 aromatic carbocycles. The largest absolute Gasteiger partial charge is 0.313 e. The standard InChI is InChI=1S/C11H19N3/c1-14(2)9-3-6-13-10-11-4-7-12-8-5-11/h4-5,7-8,13H,3,6,9-10H2,1-2H3. The molecule has 0 aliphatic heterocycles. The fourth-order valence-corrected chi connectivity index (χ4v) is 1.25. The van der Waals surface area contributed by atoms with Gasteiger partial charge in [-0.1, -0.05) is 0 Å². The Balaban J connectivity index is 2.05. The first-order chi connectivity index (χ1) is 6.79. The molecular formula is C11H19N3. The number of nitrogens with zero attached hydrogens (tertiary/aromatic N) is 2. The van der Waals surface area contributed by atoms with Crippen LogP contribution in [0.15, 0.2) is 24.5 Å². The maximum Gasteiger partial charge on any atom is 0.0271 e. The van der Waals surface area contributed by atoms with E-state index in [-0.39, 0.29) is 0 Å². The summed E-state index contributed by atoms with van der Waals surface area (Å²) in [5.74, 6) is 0. The van der Waals surface area contributed by atoms with Crippen LogP contribution in [0.25, 0.3) is 0 Å². The highest BCUT2D eigenvalue weighted by Gasteiger charge is 1.92. The van der Waals surface area contributed by atoms with Gasteiger partial charge >= 0.3 is 0 Å². The maximum absolute atomic E-state index is 3.98. The van der Waals surface area contributed by atoms with Crippen molar-refractivity contribution in [2.45, 2.75) is 13.0 Å². The zero-order chi connectivity index (χ0) is 10.2. The van der Waals surface area contributed by atoms with Gasteiger partial charge in [-0.3, -0.25) is 4.98 Å². The lowest BCUT2D eigenvalue weighted by Crippen LogP contribution is -2.20. The van der Waals surface area contributed by atoms with Crippen molar-refractivity contribution in [3.63, 3.8) is 0 Å². The summed E-state index contributed by atoms with van der Waals surface area (Å²) in [5, 5.41) is 3.40. The van der Waals surface area contributed by atoms with Gasteiger partial charge in [-0.15, -0.1) is 0 Å². The summed E-state index contributed by atoms with van der Waals surface area (Å²) >= 11 is 0. The van der Waals surface area contributed by atoms with Crippen molar-refractivity contribution in [1.29, 1.82) is 0 Å². The van der Waals surface area contributed by atoms with E-state index in [1.54, 1.807) is 0 Å². The quantitative estimate of drug-likeness (QED) is 0.686. The second-order valence-electron chi connectivity index (χ2n) is 3.69. The Labute approximate surface area is 86.2 Å². The average molecular weight is 193 g/mol. The van der Waals surface area contributed by atoms with Gasteiger partial charge in [0.15, 0.2) is 0 Å². The Hall–Kier alpha value is -0.930. The van der Waals surface area contributed by atoms with Crippen LogP contribution in [0.3, 0.4) is 0 Å². The third kappa shape index (κ3) is 4.94. The highest BCUT2D eigenvalue weighted by molar-refractivity contribution is 5.08. The molecule has 0 radical (unpaired) electrons. The number of pyridine rings is 1. The first kappa shape index (κ1) is 11.1. The Morgan fingerprint density at radius 3 is 2.64 bits per heavy atom. The molecule has 1 N–H and O–H groups in total. The van der Waals surface area contributed by atoms with E-state index in [0.29, 0.717) is 0 Å². The molecule has 0 amide bonds. The summed E-state index contributed by atoms with van der Waals surface area (Å²) in [6.07, 6.45) is 4.85. The van der Waals surface area contributed by atoms with Crippen molar-refractivity contribution < 1.29 is 0 Å². The summed E-state index contributed by atoms with van der Waals surface area (Å²) < 4.78 is 0. The Kier molecular flexibility index (Phi) is 5.19. The molecule has 3 heteroatoms. The van der Waals surface area contributed by atoms with E-state index in [9.17, 15) is 0 Å². The van der Waals surface area contributed by atoms with Crippen LogP contribution in [-0.2, 0) is 6.54 Å². The molecular weight excluding hydrogens is 174 g/mol. The lowest BCUT2D eigenvalue weighted by molar-refractivity contribution is 0.394. The molecule has 0 aliphatic rings. The van der Waals surface area contributed by atoms with Gasteiger partial charge in [0.2, 0.25) is 0 Å². The number of aromatic nitrogens is 1. The first-order valence-corrected chi connectivity index (χ1v) is 5.03. The topological polar surface area (TPSA) is 28.2 Å². The third-order valence-electron chi connectivity index (χ3n) is 2.04. The second kappa shape index (κ2) is 6.51. The van der Waals surface area contributed by atoms with E-state index in [1.165, 1.54) is 12.0 Å². The molecule has 1 aromatic rings. The summed E-state index contributed by atoms with van der Waals surface area (Å²) in [5.41, 5.74) is 1.30. The first-order valence-electron chi connectivity index (χ1n) is 5.03. The molecule has 78 valence electrons. The van der Waals surface area contributed by atoms with Gasteiger partial charge in [-0.05, 0) is 51.3 Å². The minimum Gasteiger partial charge on any atom is -0.313 e. The summed E-state index contributed by atoms with van der Waals surface area (Å²) in [6.45, 7) is 3.15. The third-order valence-corrected chi connectivity index (χ3v) is 2.04. The maximum atomic E-state index is 3.98. The minimum atomic E-state index is 0.940. The van der Waals surface area contributed by atoms with Crippen LogP contribution < -0.4 is 5.32 Å². The molecule has 1 heterocycles. The molecule has 1 aromatic heterocycles. The van der Waals surface area contributed by atoms with E-state index in [1.807, 2.05) is 24.5 Å². The Morgan fingerprint density at radius 1 is 1.29 bits per heavy atom. The van der Waals surface area contributed by atoms with Gasteiger partial charge in [-0.25, -0.2) is 0 Å². The lowest BCUT2D eigenvalue weighted by Gasteiger charge is -2.09. The number of rotatable bonds is 6. The van der Waals surface area contributed by atoms with E-state index in [0.717, 1.165) is 19.6 Å². The van der Waals surface area contributed by atoms with Crippen LogP contribution >= 0.6 is 0 Å². The molecule has 0 unspecified atom stereocenters. The molecule has 1 rings (SSSR count). The SMILES string of the molecule is CN(C)CCCNCc1ccncc1. The average Bonchev–Trinajstić information content (AvgIpc) is 2.18. The van der Waals surface area contributed by atoms with Gasteiger partial charge in [-0.2, -0.15) is 0 Å². The predicted octanol–water partition coefficient (Wildman–Crippen LogP) is 1.12. The fraction of sp³-hybridized carbons (Fsp3) is 0.545. The minimum absolute atomic E-state index is 0.940. The van der Waals surface area contributed by atoms with E-state index >= 15 is 0 Å². The normalized spacial score (nSPS) is 10.8. The second-order valence-corrected chi connectivity index (χ2v) is 3.69. The monoisotopic (exact) mass is 193 g/mol. The van der Waals surface area contributed by atoms with Gasteiger partial charge in [0.1, 0.15) is 0 Å². The predicted molar refractivity (Wildman–Crippen MR) is 59.1 cm³/mol. The van der Waals surface area contributed by atoms with E-state index < -0.39 is 0 Å². The number of hydrogen-bond donors (Lipinski definition) is 1. The lowest BCUT2D eigenvalue weighted by atomic mass is 10.2. The summed E-state index contributed by atoms with van der Waals surface area (Å²) in [4.78, 5) is 6.18. The van der Waals surface area contributed by atoms with Crippen LogP contribution in [-0.4, -0.2) is 37.1 Å². The van der Waals surface area contributed by atoms with Gasteiger partial charge < -0.3 is 10.2 Å². The smallest absolute Gasteiger partial charge is 0.0271 e. The fourth-order valence-electron chi connectivity index (χ4n) is 1.25. The molecule has 0 spiro atoms. The van der Waals surface area contributed by atoms with Crippen molar-refractivity contribution in [1.82, 2.24) is 15.2 Å². The van der Waals surface area contributed by atoms with Crippen LogP contribution in [0.5, 0.6) is 0 Å². The molecule has 0 atom stereocenters. The number of hydrogen-bond acceptors (Lipinski definition) is 3. The molecule has 0 aliphatic carbocycles. The Bertz CT molecular complexity index is 234. The van der Waals surface area contributed by atoms with Crippen molar-refractivity contribution in [3.05, 3.63) is 30.1 Å². The van der Waals surface area contributed by atoms with Gasteiger partial charge in [0.25, 0.3) is 0 Å². The van der Waals surface area contributed by atoms with Gasteiger partial charge in [0, 0.05) is 18.9 Å². The molecule has 0 saturated carbocycles. The highest BCUT2D eigenvalue weighted by Crippen LogP contribution is 1.94. The summed E-state index contributed by atoms with van der Waals surface area (Å²) in [7, 11) is 4.20. The highest BCUT2D eigenvalue weighted by atomic mass is 15.0. The van der Waals surface area contributed by atoms with Crippen LogP contribution in [0, 0.1) is 0 Å². The Morgan fingerprint density at radius 2 is 2.00 bits per heavy atom. The summed E-state index contributed by atoms with van der Waals surface area (Å²) in [6, 6.07) is 4.08. The van der Waals surface area contributed by atoms with E-state index in [4.69, 9.17) is 0 Å². The van der Waals surface area contributed by atoms with Crippen LogP contribution in [0.1, 0.15) is 12.0 Å². The van der Waals surface area contributed by atoms with Gasteiger partial charge in [0.05, 0.1) is 0 Å². The van der Waals surface area contributed by atoms with Crippen molar-refractivity contribution in [2.24, 2.45) is 0 Å². The molecule has 3 nitrogen and oxygen atoms in total. The van der Waals surface area contributed by atoms with Crippen LogP contribution in [0.2, 0.25) is 0 Å². The van der Waals surface area contributed by atoms with Crippen LogP contribution in [0.4, 0.5) is 0 Å². The molecule has 0 bridgehead atoms. The number of nitrogens with one attached hydrogen (secondary N) is 1. The van der Waals surface area contributed by atoms with Crippen molar-refractivity contribution >= 4 is 0 Å².